The van der Waals surface area contributed by atoms with Crippen LogP contribution >= 0.6 is 23.2 Å². The Morgan fingerprint density at radius 1 is 1.15 bits per heavy atom. The van der Waals surface area contributed by atoms with E-state index in [2.05, 4.69) is 15.3 Å². The van der Waals surface area contributed by atoms with Crippen molar-refractivity contribution in [2.45, 2.75) is 32.6 Å². The van der Waals surface area contributed by atoms with Crippen molar-refractivity contribution < 1.29 is 0 Å². The molecule has 3 rings (SSSR count). The Hall–Kier alpha value is -1.32. The highest BCUT2D eigenvalue weighted by molar-refractivity contribution is 6.33. The minimum Gasteiger partial charge on any atom is -0.339 e. The third-order valence-electron chi connectivity index (χ3n) is 3.42. The van der Waals surface area contributed by atoms with Gasteiger partial charge in [0.05, 0.1) is 10.7 Å². The Morgan fingerprint density at radius 2 is 1.90 bits per heavy atom. The molecule has 0 amide bonds. The van der Waals surface area contributed by atoms with E-state index in [0.29, 0.717) is 16.1 Å². The van der Waals surface area contributed by atoms with E-state index in [1.807, 2.05) is 32.0 Å². The summed E-state index contributed by atoms with van der Waals surface area (Å²) in [4.78, 5) is 8.94. The fourth-order valence-corrected chi connectivity index (χ4v) is 2.46. The molecule has 20 heavy (non-hydrogen) atoms. The average Bonchev–Trinajstić information content (AvgIpc) is 3.22. The van der Waals surface area contributed by atoms with Gasteiger partial charge in [-0.3, -0.25) is 0 Å². The van der Waals surface area contributed by atoms with Gasteiger partial charge in [-0.05, 0) is 44.4 Å². The lowest BCUT2D eigenvalue weighted by molar-refractivity contribution is 0.922. The maximum atomic E-state index is 6.25. The molecule has 3 nitrogen and oxygen atoms in total. The second-order valence-electron chi connectivity index (χ2n) is 5.23. The van der Waals surface area contributed by atoms with E-state index in [1.54, 1.807) is 0 Å². The van der Waals surface area contributed by atoms with Crippen LogP contribution in [0.1, 0.15) is 35.7 Å². The molecule has 1 fully saturated rings. The molecule has 1 saturated carbocycles. The molecule has 0 atom stereocenters. The normalized spacial score (nSPS) is 14.4. The van der Waals surface area contributed by atoms with Crippen LogP contribution in [0.3, 0.4) is 0 Å². The van der Waals surface area contributed by atoms with Crippen LogP contribution in [0.4, 0.5) is 11.5 Å². The van der Waals surface area contributed by atoms with Gasteiger partial charge in [0.15, 0.2) is 0 Å². The van der Waals surface area contributed by atoms with Gasteiger partial charge in [-0.2, -0.15) is 0 Å². The van der Waals surface area contributed by atoms with Crippen molar-refractivity contribution >= 4 is 34.7 Å². The molecule has 2 aromatic rings. The van der Waals surface area contributed by atoms with Crippen LogP contribution in [0.25, 0.3) is 0 Å². The van der Waals surface area contributed by atoms with Crippen LogP contribution in [0.5, 0.6) is 0 Å². The molecule has 0 saturated heterocycles. The Labute approximate surface area is 128 Å². The van der Waals surface area contributed by atoms with E-state index in [0.717, 1.165) is 41.3 Å². The number of nitrogens with zero attached hydrogens (tertiary/aromatic N) is 2. The molecule has 1 aliphatic carbocycles. The third kappa shape index (κ3) is 2.74. The van der Waals surface area contributed by atoms with E-state index in [1.165, 1.54) is 0 Å². The number of rotatable bonds is 3. The Kier molecular flexibility index (Phi) is 3.57. The van der Waals surface area contributed by atoms with E-state index in [-0.39, 0.29) is 0 Å². The topological polar surface area (TPSA) is 37.8 Å². The number of aryl methyl sites for hydroxylation is 1. The summed E-state index contributed by atoms with van der Waals surface area (Å²) in [5.74, 6) is 2.02. The van der Waals surface area contributed by atoms with Crippen molar-refractivity contribution in [3.63, 3.8) is 0 Å². The zero-order chi connectivity index (χ0) is 14.3. The fraction of sp³-hybridized carbons (Fsp3) is 0.333. The van der Waals surface area contributed by atoms with E-state index in [4.69, 9.17) is 23.2 Å². The molecular formula is C15H15Cl2N3. The highest BCUT2D eigenvalue weighted by Gasteiger charge is 2.28. The molecule has 1 aromatic carbocycles. The number of benzene rings is 1. The van der Waals surface area contributed by atoms with Crippen LogP contribution in [0, 0.1) is 13.8 Å². The van der Waals surface area contributed by atoms with Crippen LogP contribution in [-0.2, 0) is 0 Å². The molecule has 1 aliphatic rings. The van der Waals surface area contributed by atoms with Gasteiger partial charge in [0.25, 0.3) is 0 Å². The minimum atomic E-state index is 0.460. The van der Waals surface area contributed by atoms with Crippen molar-refractivity contribution in [2.75, 3.05) is 5.32 Å². The van der Waals surface area contributed by atoms with Crippen molar-refractivity contribution in [1.82, 2.24) is 9.97 Å². The largest absolute Gasteiger partial charge is 0.339 e. The first-order valence-electron chi connectivity index (χ1n) is 6.62. The van der Waals surface area contributed by atoms with Crippen molar-refractivity contribution in [1.29, 1.82) is 0 Å². The first-order valence-corrected chi connectivity index (χ1v) is 7.37. The summed E-state index contributed by atoms with van der Waals surface area (Å²) < 4.78 is 0. The fourth-order valence-electron chi connectivity index (χ4n) is 2.00. The van der Waals surface area contributed by atoms with Gasteiger partial charge in [-0.25, -0.2) is 9.97 Å². The van der Waals surface area contributed by atoms with Crippen LogP contribution in [-0.4, -0.2) is 9.97 Å². The predicted molar refractivity (Wildman–Crippen MR) is 83.2 cm³/mol. The molecule has 0 bridgehead atoms. The summed E-state index contributed by atoms with van der Waals surface area (Å²) in [6, 6.07) is 5.88. The number of aromatic nitrogens is 2. The molecule has 0 unspecified atom stereocenters. The lowest BCUT2D eigenvalue weighted by Gasteiger charge is -2.12. The van der Waals surface area contributed by atoms with Gasteiger partial charge in [-0.1, -0.05) is 29.3 Å². The lowest BCUT2D eigenvalue weighted by Crippen LogP contribution is -2.03. The number of anilines is 2. The molecule has 1 aromatic heterocycles. The molecule has 5 heteroatoms. The monoisotopic (exact) mass is 307 g/mol. The Balaban J connectivity index is 1.97. The third-order valence-corrected chi connectivity index (χ3v) is 4.10. The Morgan fingerprint density at radius 3 is 2.55 bits per heavy atom. The number of hydrogen-bond donors (Lipinski definition) is 1. The summed E-state index contributed by atoms with van der Waals surface area (Å²) in [6.07, 6.45) is 2.29. The van der Waals surface area contributed by atoms with Crippen LogP contribution in [0.15, 0.2) is 18.2 Å². The summed E-state index contributed by atoms with van der Waals surface area (Å²) in [6.45, 7) is 3.91. The SMILES string of the molecule is Cc1ccc(Nc2nc(C3CC3)nc(Cl)c2C)c(Cl)c1. The molecule has 0 spiro atoms. The van der Waals surface area contributed by atoms with Gasteiger partial charge in [-0.15, -0.1) is 0 Å². The molecule has 1 heterocycles. The van der Waals surface area contributed by atoms with Crippen molar-refractivity contribution in [3.05, 3.63) is 45.3 Å². The second kappa shape index (κ2) is 5.23. The van der Waals surface area contributed by atoms with Gasteiger partial charge in [0, 0.05) is 11.5 Å². The first kappa shape index (κ1) is 13.7. The smallest absolute Gasteiger partial charge is 0.138 e. The van der Waals surface area contributed by atoms with Gasteiger partial charge >= 0.3 is 0 Å². The highest BCUT2D eigenvalue weighted by atomic mass is 35.5. The zero-order valence-electron chi connectivity index (χ0n) is 11.4. The Bertz CT molecular complexity index is 666. The minimum absolute atomic E-state index is 0.460. The van der Waals surface area contributed by atoms with Gasteiger partial charge < -0.3 is 5.32 Å². The quantitative estimate of drug-likeness (QED) is 0.809. The van der Waals surface area contributed by atoms with E-state index < -0.39 is 0 Å². The standard InChI is InChI=1S/C15H15Cl2N3/c1-8-3-6-12(11(16)7-8)18-14-9(2)13(17)19-15(20-14)10-4-5-10/h3,6-7,10H,4-5H2,1-2H3,(H,18,19,20). The molecule has 104 valence electrons. The summed E-state index contributed by atoms with van der Waals surface area (Å²) in [5, 5.41) is 4.44. The maximum absolute atomic E-state index is 6.25. The highest BCUT2D eigenvalue weighted by Crippen LogP contribution is 2.40. The number of halogens is 2. The number of nitrogens with one attached hydrogen (secondary N) is 1. The lowest BCUT2D eigenvalue weighted by atomic mass is 10.2. The van der Waals surface area contributed by atoms with Gasteiger partial charge in [0.2, 0.25) is 0 Å². The molecule has 0 aliphatic heterocycles. The first-order chi connectivity index (χ1) is 9.54. The second-order valence-corrected chi connectivity index (χ2v) is 5.99. The van der Waals surface area contributed by atoms with E-state index >= 15 is 0 Å². The van der Waals surface area contributed by atoms with Crippen molar-refractivity contribution in [3.8, 4) is 0 Å². The van der Waals surface area contributed by atoms with Crippen molar-refractivity contribution in [2.24, 2.45) is 0 Å². The average molecular weight is 308 g/mol. The molecular weight excluding hydrogens is 293 g/mol. The summed E-state index contributed by atoms with van der Waals surface area (Å²) >= 11 is 12.4. The molecule has 0 radical (unpaired) electrons. The van der Waals surface area contributed by atoms with E-state index in [9.17, 15) is 0 Å². The van der Waals surface area contributed by atoms with Crippen LogP contribution < -0.4 is 5.32 Å². The summed E-state index contributed by atoms with van der Waals surface area (Å²) in [7, 11) is 0. The van der Waals surface area contributed by atoms with Crippen LogP contribution in [0.2, 0.25) is 10.2 Å². The zero-order valence-corrected chi connectivity index (χ0v) is 12.9. The maximum Gasteiger partial charge on any atom is 0.138 e. The molecule has 1 N–H and O–H groups in total. The summed E-state index contributed by atoms with van der Waals surface area (Å²) in [5.41, 5.74) is 2.79. The van der Waals surface area contributed by atoms with Gasteiger partial charge in [0.1, 0.15) is 16.8 Å². The number of hydrogen-bond acceptors (Lipinski definition) is 3. The predicted octanol–water partition coefficient (Wildman–Crippen LogP) is 5.02.